The smallest absolute Gasteiger partial charge is 0.310 e. The van der Waals surface area contributed by atoms with Crippen LogP contribution >= 0.6 is 34.2 Å². The molecule has 1 aromatic rings. The number of ether oxygens (including phenoxy) is 2. The summed E-state index contributed by atoms with van der Waals surface area (Å²) in [7, 11) is 2.87. The average molecular weight is 341 g/mol. The van der Waals surface area contributed by atoms with Crippen molar-refractivity contribution in [2.24, 2.45) is 0 Å². The first-order valence-electron chi connectivity index (χ1n) is 4.17. The lowest BCUT2D eigenvalue weighted by atomic mass is 10.1. The monoisotopic (exact) mass is 340 g/mol. The van der Waals surface area contributed by atoms with Crippen molar-refractivity contribution in [1.82, 2.24) is 0 Å². The first kappa shape index (κ1) is 12.6. The molecule has 0 spiro atoms. The van der Waals surface area contributed by atoms with E-state index in [0.29, 0.717) is 10.8 Å². The summed E-state index contributed by atoms with van der Waals surface area (Å²) in [6, 6.07) is 3.63. The number of benzene rings is 1. The molecule has 1 rings (SSSR count). The van der Waals surface area contributed by atoms with E-state index < -0.39 is 0 Å². The zero-order valence-corrected chi connectivity index (χ0v) is 11.3. The summed E-state index contributed by atoms with van der Waals surface area (Å²) in [5.41, 5.74) is 0.737. The predicted molar refractivity (Wildman–Crippen MR) is 66.4 cm³/mol. The highest BCUT2D eigenvalue weighted by Crippen LogP contribution is 2.31. The van der Waals surface area contributed by atoms with Gasteiger partial charge in [0.15, 0.2) is 0 Å². The highest BCUT2D eigenvalue weighted by molar-refractivity contribution is 14.1. The maximum Gasteiger partial charge on any atom is 0.310 e. The number of rotatable bonds is 3. The van der Waals surface area contributed by atoms with Crippen molar-refractivity contribution in [1.29, 1.82) is 0 Å². The summed E-state index contributed by atoms with van der Waals surface area (Å²) in [4.78, 5) is 11.1. The minimum absolute atomic E-state index is 0.163. The van der Waals surface area contributed by atoms with Gasteiger partial charge >= 0.3 is 5.97 Å². The predicted octanol–water partition coefficient (Wildman–Crippen LogP) is 2.67. The van der Waals surface area contributed by atoms with E-state index in [2.05, 4.69) is 27.3 Å². The molecule has 3 nitrogen and oxygen atoms in total. The molecule has 0 unspecified atom stereocenters. The van der Waals surface area contributed by atoms with Crippen molar-refractivity contribution in [3.63, 3.8) is 0 Å². The van der Waals surface area contributed by atoms with Crippen LogP contribution in [0.25, 0.3) is 0 Å². The van der Waals surface area contributed by atoms with Gasteiger partial charge in [-0.25, -0.2) is 0 Å². The van der Waals surface area contributed by atoms with Crippen molar-refractivity contribution in [3.05, 3.63) is 26.3 Å². The maximum absolute atomic E-state index is 11.1. The molecule has 0 aliphatic carbocycles. The van der Waals surface area contributed by atoms with Crippen molar-refractivity contribution in [3.8, 4) is 5.75 Å². The van der Waals surface area contributed by atoms with Gasteiger partial charge < -0.3 is 9.47 Å². The zero-order valence-electron chi connectivity index (χ0n) is 8.34. The standard InChI is InChI=1S/C10H10ClIO3/c1-14-9(13)4-6-3-7(12)5-8(11)10(6)15-2/h3,5H,4H2,1-2H3. The third kappa shape index (κ3) is 3.24. The topological polar surface area (TPSA) is 35.5 Å². The van der Waals surface area contributed by atoms with Crippen LogP contribution in [0, 0.1) is 3.57 Å². The second kappa shape index (κ2) is 5.55. The number of hydrogen-bond acceptors (Lipinski definition) is 3. The fraction of sp³-hybridized carbons (Fsp3) is 0.300. The molecule has 5 heteroatoms. The van der Waals surface area contributed by atoms with Crippen LogP contribution in [0.2, 0.25) is 5.02 Å². The summed E-state index contributed by atoms with van der Waals surface area (Å²) >= 11 is 8.11. The Balaban J connectivity index is 3.09. The first-order valence-corrected chi connectivity index (χ1v) is 5.63. The van der Waals surface area contributed by atoms with Crippen LogP contribution in [0.3, 0.4) is 0 Å². The molecule has 0 fully saturated rings. The van der Waals surface area contributed by atoms with Crippen molar-refractivity contribution >= 4 is 40.2 Å². The molecule has 15 heavy (non-hydrogen) atoms. The minimum Gasteiger partial charge on any atom is -0.495 e. The van der Waals surface area contributed by atoms with Gasteiger partial charge in [-0.05, 0) is 34.7 Å². The fourth-order valence-electron chi connectivity index (χ4n) is 1.20. The van der Waals surface area contributed by atoms with Gasteiger partial charge in [0, 0.05) is 9.13 Å². The molecule has 0 N–H and O–H groups in total. The molecule has 0 radical (unpaired) electrons. The summed E-state index contributed by atoms with van der Waals surface area (Å²) < 4.78 is 10.7. The van der Waals surface area contributed by atoms with Crippen LogP contribution in [0.15, 0.2) is 12.1 Å². The van der Waals surface area contributed by atoms with E-state index in [1.807, 2.05) is 6.07 Å². The second-order valence-corrected chi connectivity index (χ2v) is 4.49. The lowest BCUT2D eigenvalue weighted by molar-refractivity contribution is -0.139. The van der Waals surface area contributed by atoms with Gasteiger partial charge in [0.1, 0.15) is 5.75 Å². The largest absolute Gasteiger partial charge is 0.495 e. The Bertz CT molecular complexity index is 379. The molecule has 82 valence electrons. The lowest BCUT2D eigenvalue weighted by Gasteiger charge is -2.10. The molecule has 1 aromatic carbocycles. The van der Waals surface area contributed by atoms with Crippen molar-refractivity contribution in [2.45, 2.75) is 6.42 Å². The minimum atomic E-state index is -0.314. The zero-order chi connectivity index (χ0) is 11.4. The lowest BCUT2D eigenvalue weighted by Crippen LogP contribution is -2.06. The Kier molecular flexibility index (Phi) is 4.66. The normalized spacial score (nSPS) is 9.87. The average Bonchev–Trinajstić information content (AvgIpc) is 2.17. The number of carbonyl (C=O) groups is 1. The Hall–Kier alpha value is -0.490. The van der Waals surface area contributed by atoms with E-state index in [4.69, 9.17) is 16.3 Å². The van der Waals surface area contributed by atoms with Crippen LogP contribution in [0.1, 0.15) is 5.56 Å². The number of esters is 1. The SMILES string of the molecule is COC(=O)Cc1cc(I)cc(Cl)c1OC. The number of halogens is 2. The van der Waals surface area contributed by atoms with E-state index >= 15 is 0 Å². The molecule has 0 atom stereocenters. The summed E-state index contributed by atoms with van der Waals surface area (Å²) in [5, 5.41) is 0.503. The molecule has 0 amide bonds. The van der Waals surface area contributed by atoms with Crippen LogP contribution in [-0.2, 0) is 16.0 Å². The molecule has 0 saturated carbocycles. The van der Waals surface area contributed by atoms with E-state index in [0.717, 1.165) is 9.13 Å². The molecule has 0 bridgehead atoms. The number of methoxy groups -OCH3 is 2. The van der Waals surface area contributed by atoms with Gasteiger partial charge in [-0.1, -0.05) is 11.6 Å². The van der Waals surface area contributed by atoms with Crippen molar-refractivity contribution < 1.29 is 14.3 Å². The van der Waals surface area contributed by atoms with Crippen LogP contribution in [0.5, 0.6) is 5.75 Å². The van der Waals surface area contributed by atoms with E-state index in [1.54, 1.807) is 6.07 Å². The van der Waals surface area contributed by atoms with E-state index in [9.17, 15) is 4.79 Å². The molecular formula is C10H10ClIO3. The van der Waals surface area contributed by atoms with Crippen molar-refractivity contribution in [2.75, 3.05) is 14.2 Å². The summed E-state index contributed by atoms with van der Waals surface area (Å²) in [6.45, 7) is 0. The van der Waals surface area contributed by atoms with E-state index in [-0.39, 0.29) is 12.4 Å². The Morgan fingerprint density at radius 3 is 2.67 bits per heavy atom. The summed E-state index contributed by atoms with van der Waals surface area (Å²) in [5.74, 6) is 0.217. The molecule has 0 saturated heterocycles. The Labute approximate surface area is 107 Å². The fourth-order valence-corrected chi connectivity index (χ4v) is 2.39. The van der Waals surface area contributed by atoms with Gasteiger partial charge in [0.2, 0.25) is 0 Å². The van der Waals surface area contributed by atoms with Crippen LogP contribution in [-0.4, -0.2) is 20.2 Å². The van der Waals surface area contributed by atoms with Crippen LogP contribution in [0.4, 0.5) is 0 Å². The second-order valence-electron chi connectivity index (χ2n) is 2.83. The Morgan fingerprint density at radius 1 is 1.47 bits per heavy atom. The number of carbonyl (C=O) groups excluding carboxylic acids is 1. The molecule has 0 aliphatic rings. The van der Waals surface area contributed by atoms with Gasteiger partial charge in [0.05, 0.1) is 25.7 Å². The maximum atomic E-state index is 11.1. The molecule has 0 aromatic heterocycles. The van der Waals surface area contributed by atoms with Crippen LogP contribution < -0.4 is 4.74 Å². The first-order chi connectivity index (χ1) is 7.08. The third-order valence-electron chi connectivity index (χ3n) is 1.85. The third-order valence-corrected chi connectivity index (χ3v) is 2.76. The van der Waals surface area contributed by atoms with E-state index in [1.165, 1.54) is 14.2 Å². The number of hydrogen-bond donors (Lipinski definition) is 0. The molecule has 0 aliphatic heterocycles. The summed E-state index contributed by atoms with van der Waals surface area (Å²) in [6.07, 6.45) is 0.163. The molecular weight excluding hydrogens is 330 g/mol. The quantitative estimate of drug-likeness (QED) is 0.627. The highest BCUT2D eigenvalue weighted by Gasteiger charge is 2.13. The van der Waals surface area contributed by atoms with Gasteiger partial charge in [-0.2, -0.15) is 0 Å². The van der Waals surface area contributed by atoms with Gasteiger partial charge in [-0.3, -0.25) is 4.79 Å². The van der Waals surface area contributed by atoms with Gasteiger partial charge in [0.25, 0.3) is 0 Å². The highest BCUT2D eigenvalue weighted by atomic mass is 127. The van der Waals surface area contributed by atoms with Gasteiger partial charge in [-0.15, -0.1) is 0 Å². The Morgan fingerprint density at radius 2 is 2.13 bits per heavy atom. The molecule has 0 heterocycles.